The van der Waals surface area contributed by atoms with Gasteiger partial charge in [-0.1, -0.05) is 12.1 Å². The molecule has 0 fully saturated rings. The van der Waals surface area contributed by atoms with Crippen LogP contribution in [-0.2, 0) is 16.0 Å². The number of rotatable bonds is 4. The predicted octanol–water partition coefficient (Wildman–Crippen LogP) is 1.76. The van der Waals surface area contributed by atoms with Gasteiger partial charge in [0, 0.05) is 12.1 Å². The second-order valence-corrected chi connectivity index (χ2v) is 3.05. The minimum Gasteiger partial charge on any atom is -0.466 e. The van der Waals surface area contributed by atoms with Crippen LogP contribution in [0.2, 0.25) is 0 Å². The number of ether oxygens (including phenoxy) is 1. The molecule has 0 aromatic heterocycles. The molecule has 3 nitrogen and oxygen atoms in total. The van der Waals surface area contributed by atoms with Crippen molar-refractivity contribution in [1.29, 1.82) is 0 Å². The fourth-order valence-corrected chi connectivity index (χ4v) is 1.23. The van der Waals surface area contributed by atoms with Crippen molar-refractivity contribution in [2.24, 2.45) is 0 Å². The predicted molar refractivity (Wildman–Crippen MR) is 55.8 cm³/mol. The Balaban J connectivity index is 2.41. The highest BCUT2D eigenvalue weighted by molar-refractivity contribution is 5.69. The largest absolute Gasteiger partial charge is 0.466 e. The van der Waals surface area contributed by atoms with Gasteiger partial charge in [0.05, 0.1) is 6.61 Å². The molecule has 0 aliphatic carbocycles. The number of hydrogen-bond donors (Lipinski definition) is 1. The first-order valence-corrected chi connectivity index (χ1v) is 4.72. The second kappa shape index (κ2) is 5.27. The molecule has 14 heavy (non-hydrogen) atoms. The number of benzene rings is 1. The molecule has 1 aromatic rings. The second-order valence-electron chi connectivity index (χ2n) is 3.05. The Bertz CT molecular complexity index is 310. The highest BCUT2D eigenvalue weighted by atomic mass is 16.5. The molecule has 0 bridgehead atoms. The summed E-state index contributed by atoms with van der Waals surface area (Å²) in [5.41, 5.74) is 7.40. The van der Waals surface area contributed by atoms with Gasteiger partial charge in [-0.2, -0.15) is 0 Å². The Morgan fingerprint density at radius 3 is 2.93 bits per heavy atom. The third-order valence-electron chi connectivity index (χ3n) is 1.87. The van der Waals surface area contributed by atoms with Crippen LogP contribution < -0.4 is 5.73 Å². The van der Waals surface area contributed by atoms with Gasteiger partial charge in [-0.15, -0.1) is 0 Å². The zero-order valence-corrected chi connectivity index (χ0v) is 8.32. The summed E-state index contributed by atoms with van der Waals surface area (Å²) in [5.74, 6) is -0.157. The average molecular weight is 193 g/mol. The molecule has 0 heterocycles. The van der Waals surface area contributed by atoms with Gasteiger partial charge in [0.15, 0.2) is 0 Å². The highest BCUT2D eigenvalue weighted by Crippen LogP contribution is 2.08. The van der Waals surface area contributed by atoms with E-state index in [0.29, 0.717) is 19.4 Å². The molecule has 0 saturated carbocycles. The zero-order valence-electron chi connectivity index (χ0n) is 8.32. The van der Waals surface area contributed by atoms with Crippen molar-refractivity contribution >= 4 is 11.7 Å². The van der Waals surface area contributed by atoms with E-state index in [1.165, 1.54) is 0 Å². The van der Waals surface area contributed by atoms with Gasteiger partial charge in [0.2, 0.25) is 0 Å². The molecule has 0 radical (unpaired) electrons. The first-order chi connectivity index (χ1) is 6.72. The zero-order chi connectivity index (χ0) is 10.4. The molecule has 0 amide bonds. The quantitative estimate of drug-likeness (QED) is 0.585. The van der Waals surface area contributed by atoms with Crippen LogP contribution in [-0.4, -0.2) is 12.6 Å². The Labute approximate surface area is 83.9 Å². The molecule has 3 heteroatoms. The summed E-state index contributed by atoms with van der Waals surface area (Å²) in [7, 11) is 0. The lowest BCUT2D eigenvalue weighted by Crippen LogP contribution is -2.05. The van der Waals surface area contributed by atoms with Crippen molar-refractivity contribution < 1.29 is 9.53 Å². The highest BCUT2D eigenvalue weighted by Gasteiger charge is 2.02. The maximum atomic E-state index is 11.0. The van der Waals surface area contributed by atoms with Gasteiger partial charge in [-0.3, -0.25) is 4.79 Å². The summed E-state index contributed by atoms with van der Waals surface area (Å²) in [4.78, 5) is 11.0. The van der Waals surface area contributed by atoms with E-state index in [1.807, 2.05) is 24.3 Å². The fraction of sp³-hybridized carbons (Fsp3) is 0.364. The van der Waals surface area contributed by atoms with Crippen molar-refractivity contribution in [3.05, 3.63) is 29.8 Å². The molecule has 0 unspecified atom stereocenters. The molecule has 0 saturated heterocycles. The van der Waals surface area contributed by atoms with Crippen LogP contribution in [0.1, 0.15) is 18.9 Å². The number of hydrogen-bond acceptors (Lipinski definition) is 3. The van der Waals surface area contributed by atoms with Crippen LogP contribution in [0.5, 0.6) is 0 Å². The summed E-state index contributed by atoms with van der Waals surface area (Å²) < 4.78 is 4.82. The van der Waals surface area contributed by atoms with E-state index >= 15 is 0 Å². The molecular formula is C11H15NO2. The number of nitrogen functional groups attached to an aromatic ring is 1. The molecular weight excluding hydrogens is 178 g/mol. The van der Waals surface area contributed by atoms with Gasteiger partial charge >= 0.3 is 5.97 Å². The van der Waals surface area contributed by atoms with Crippen LogP contribution in [0, 0.1) is 0 Å². The van der Waals surface area contributed by atoms with E-state index in [2.05, 4.69) is 0 Å². The summed E-state index contributed by atoms with van der Waals surface area (Å²) in [6.45, 7) is 2.24. The number of carbonyl (C=O) groups excluding carboxylic acids is 1. The SMILES string of the molecule is CCOC(=O)CCc1cccc(N)c1. The van der Waals surface area contributed by atoms with Crippen LogP contribution in [0.25, 0.3) is 0 Å². The summed E-state index contributed by atoms with van der Waals surface area (Å²) in [6, 6.07) is 7.54. The van der Waals surface area contributed by atoms with Crippen molar-refractivity contribution in [2.45, 2.75) is 19.8 Å². The third kappa shape index (κ3) is 3.47. The van der Waals surface area contributed by atoms with Gasteiger partial charge in [0.25, 0.3) is 0 Å². The van der Waals surface area contributed by atoms with Gasteiger partial charge < -0.3 is 10.5 Å². The van der Waals surface area contributed by atoms with E-state index in [0.717, 1.165) is 11.3 Å². The topological polar surface area (TPSA) is 52.3 Å². The van der Waals surface area contributed by atoms with Crippen LogP contribution in [0.4, 0.5) is 5.69 Å². The number of carbonyl (C=O) groups is 1. The van der Waals surface area contributed by atoms with Crippen LogP contribution in [0.15, 0.2) is 24.3 Å². The van der Waals surface area contributed by atoms with Gasteiger partial charge in [0.1, 0.15) is 0 Å². The number of esters is 1. The molecule has 0 aliphatic rings. The Morgan fingerprint density at radius 2 is 2.29 bits per heavy atom. The first kappa shape index (κ1) is 10.6. The van der Waals surface area contributed by atoms with Crippen LogP contribution in [0.3, 0.4) is 0 Å². The van der Waals surface area contributed by atoms with Crippen molar-refractivity contribution in [1.82, 2.24) is 0 Å². The Morgan fingerprint density at radius 1 is 1.50 bits per heavy atom. The van der Waals surface area contributed by atoms with Gasteiger partial charge in [-0.05, 0) is 31.0 Å². The van der Waals surface area contributed by atoms with E-state index in [4.69, 9.17) is 10.5 Å². The maximum absolute atomic E-state index is 11.0. The molecule has 76 valence electrons. The van der Waals surface area contributed by atoms with E-state index < -0.39 is 0 Å². The minimum absolute atomic E-state index is 0.157. The summed E-state index contributed by atoms with van der Waals surface area (Å²) in [5, 5.41) is 0. The maximum Gasteiger partial charge on any atom is 0.306 e. The monoisotopic (exact) mass is 193 g/mol. The smallest absolute Gasteiger partial charge is 0.306 e. The van der Waals surface area contributed by atoms with Crippen LogP contribution >= 0.6 is 0 Å². The van der Waals surface area contributed by atoms with Crippen molar-refractivity contribution in [3.63, 3.8) is 0 Å². The molecule has 0 spiro atoms. The lowest BCUT2D eigenvalue weighted by atomic mass is 10.1. The minimum atomic E-state index is -0.157. The van der Waals surface area contributed by atoms with E-state index in [-0.39, 0.29) is 5.97 Å². The van der Waals surface area contributed by atoms with Gasteiger partial charge in [-0.25, -0.2) is 0 Å². The molecule has 0 atom stereocenters. The summed E-state index contributed by atoms with van der Waals surface area (Å²) >= 11 is 0. The first-order valence-electron chi connectivity index (χ1n) is 4.72. The molecule has 0 aliphatic heterocycles. The fourth-order valence-electron chi connectivity index (χ4n) is 1.23. The molecule has 1 rings (SSSR count). The van der Waals surface area contributed by atoms with Crippen molar-refractivity contribution in [2.75, 3.05) is 12.3 Å². The van der Waals surface area contributed by atoms with E-state index in [9.17, 15) is 4.79 Å². The number of aryl methyl sites for hydroxylation is 1. The van der Waals surface area contributed by atoms with Crippen molar-refractivity contribution in [3.8, 4) is 0 Å². The normalized spacial score (nSPS) is 9.79. The molecule has 2 N–H and O–H groups in total. The Hall–Kier alpha value is -1.51. The summed E-state index contributed by atoms with van der Waals surface area (Å²) in [6.07, 6.45) is 1.10. The number of nitrogens with two attached hydrogens (primary N) is 1. The average Bonchev–Trinajstić information content (AvgIpc) is 2.15. The molecule has 1 aromatic carbocycles. The number of anilines is 1. The standard InChI is InChI=1S/C11H15NO2/c1-2-14-11(13)7-6-9-4-3-5-10(12)8-9/h3-5,8H,2,6-7,12H2,1H3. The lowest BCUT2D eigenvalue weighted by Gasteiger charge is -2.02. The Kier molecular flexibility index (Phi) is 3.98. The third-order valence-corrected chi connectivity index (χ3v) is 1.87. The lowest BCUT2D eigenvalue weighted by molar-refractivity contribution is -0.143. The van der Waals surface area contributed by atoms with E-state index in [1.54, 1.807) is 6.92 Å².